The van der Waals surface area contributed by atoms with Gasteiger partial charge in [0.05, 0.1) is 5.56 Å². The zero-order valence-corrected chi connectivity index (χ0v) is 11.5. The van der Waals surface area contributed by atoms with E-state index >= 15 is 0 Å². The number of nitrogens with zero attached hydrogens (tertiary/aromatic N) is 3. The average Bonchev–Trinajstić information content (AvgIpc) is 2.41. The lowest BCUT2D eigenvalue weighted by Crippen LogP contribution is -2.31. The third kappa shape index (κ3) is 2.56. The molecule has 0 radical (unpaired) electrons. The Kier molecular flexibility index (Phi) is 4.04. The molecule has 0 N–H and O–H groups in total. The van der Waals surface area contributed by atoms with E-state index in [1.165, 1.54) is 0 Å². The number of halogens is 1. The number of carbonyl (C=O) groups is 1. The molecule has 18 heavy (non-hydrogen) atoms. The zero-order chi connectivity index (χ0) is 13.0. The number of amides is 1. The summed E-state index contributed by atoms with van der Waals surface area (Å²) >= 11 is 3.30. The molecule has 2 aromatic rings. The predicted molar refractivity (Wildman–Crippen MR) is 73.5 cm³/mol. The second kappa shape index (κ2) is 5.73. The van der Waals surface area contributed by atoms with Crippen molar-refractivity contribution in [2.45, 2.75) is 6.92 Å². The van der Waals surface area contributed by atoms with E-state index in [0.717, 1.165) is 5.69 Å². The summed E-state index contributed by atoms with van der Waals surface area (Å²) in [5.74, 6) is -0.0799. The molecule has 0 saturated heterocycles. The van der Waals surface area contributed by atoms with Crippen LogP contribution < -0.4 is 4.90 Å². The van der Waals surface area contributed by atoms with E-state index in [4.69, 9.17) is 0 Å². The number of hydrogen-bond acceptors (Lipinski definition) is 3. The fraction of sp³-hybridized carbons (Fsp3) is 0.154. The van der Waals surface area contributed by atoms with Crippen LogP contribution >= 0.6 is 15.9 Å². The first kappa shape index (κ1) is 12.7. The molecule has 0 fully saturated rings. The van der Waals surface area contributed by atoms with Crippen LogP contribution in [0.15, 0.2) is 47.5 Å². The Morgan fingerprint density at radius 3 is 2.61 bits per heavy atom. The third-order valence-electron chi connectivity index (χ3n) is 2.53. The number of aromatic nitrogens is 2. The van der Waals surface area contributed by atoms with Crippen LogP contribution in [-0.4, -0.2) is 22.4 Å². The predicted octanol–water partition coefficient (Wildman–Crippen LogP) is 2.91. The van der Waals surface area contributed by atoms with Crippen LogP contribution in [-0.2, 0) is 0 Å². The minimum Gasteiger partial charge on any atom is -0.308 e. The fourth-order valence-corrected chi connectivity index (χ4v) is 2.08. The van der Waals surface area contributed by atoms with Crippen molar-refractivity contribution in [3.8, 4) is 0 Å². The number of anilines is 1. The minimum absolute atomic E-state index is 0.0799. The highest BCUT2D eigenvalue weighted by atomic mass is 79.9. The van der Waals surface area contributed by atoms with Gasteiger partial charge in [-0.15, -0.1) is 0 Å². The van der Waals surface area contributed by atoms with Crippen molar-refractivity contribution in [2.75, 3.05) is 11.4 Å². The monoisotopic (exact) mass is 305 g/mol. The van der Waals surface area contributed by atoms with E-state index in [-0.39, 0.29) is 5.91 Å². The topological polar surface area (TPSA) is 46.1 Å². The Hall–Kier alpha value is -1.75. The summed E-state index contributed by atoms with van der Waals surface area (Å²) in [5, 5.41) is 0. The SMILES string of the molecule is CCN(C(=O)c1cccnc1Br)c1ccncc1. The first-order valence-corrected chi connectivity index (χ1v) is 6.35. The Labute approximate surface area is 114 Å². The summed E-state index contributed by atoms with van der Waals surface area (Å²) < 4.78 is 0.558. The van der Waals surface area contributed by atoms with E-state index < -0.39 is 0 Å². The first-order valence-electron chi connectivity index (χ1n) is 5.56. The van der Waals surface area contributed by atoms with Gasteiger partial charge in [0, 0.05) is 30.8 Å². The summed E-state index contributed by atoms with van der Waals surface area (Å²) in [6, 6.07) is 7.12. The lowest BCUT2D eigenvalue weighted by Gasteiger charge is -2.21. The van der Waals surface area contributed by atoms with Crippen molar-refractivity contribution in [1.29, 1.82) is 0 Å². The molecule has 0 aromatic carbocycles. The molecule has 0 aliphatic rings. The van der Waals surface area contributed by atoms with E-state index in [9.17, 15) is 4.79 Å². The maximum Gasteiger partial charge on any atom is 0.261 e. The second-order valence-electron chi connectivity index (χ2n) is 3.60. The quantitative estimate of drug-likeness (QED) is 0.819. The van der Waals surface area contributed by atoms with Crippen LogP contribution in [0.3, 0.4) is 0 Å². The van der Waals surface area contributed by atoms with Gasteiger partial charge in [0.25, 0.3) is 5.91 Å². The summed E-state index contributed by atoms with van der Waals surface area (Å²) in [6.07, 6.45) is 4.98. The van der Waals surface area contributed by atoms with Crippen LogP contribution in [0, 0.1) is 0 Å². The zero-order valence-electron chi connectivity index (χ0n) is 9.88. The standard InChI is InChI=1S/C13H12BrN3O/c1-2-17(10-5-8-15-9-6-10)13(18)11-4-3-7-16-12(11)14/h3-9H,2H2,1H3. The summed E-state index contributed by atoms with van der Waals surface area (Å²) in [6.45, 7) is 2.52. The molecule has 0 atom stereocenters. The highest BCUT2D eigenvalue weighted by Gasteiger charge is 2.18. The molecular formula is C13H12BrN3O. The Balaban J connectivity index is 2.35. The Morgan fingerprint density at radius 1 is 1.28 bits per heavy atom. The molecule has 0 aliphatic carbocycles. The summed E-state index contributed by atoms with van der Waals surface area (Å²) in [4.78, 5) is 22.1. The highest BCUT2D eigenvalue weighted by molar-refractivity contribution is 9.10. The molecule has 92 valence electrons. The molecule has 0 unspecified atom stereocenters. The van der Waals surface area contributed by atoms with Gasteiger partial charge in [-0.2, -0.15) is 0 Å². The van der Waals surface area contributed by atoms with Gasteiger partial charge in [0.1, 0.15) is 4.60 Å². The molecule has 0 spiro atoms. The van der Waals surface area contributed by atoms with Gasteiger partial charge in [0.2, 0.25) is 0 Å². The molecular weight excluding hydrogens is 294 g/mol. The smallest absolute Gasteiger partial charge is 0.261 e. The molecule has 2 rings (SSSR count). The van der Waals surface area contributed by atoms with Crippen molar-refractivity contribution in [1.82, 2.24) is 9.97 Å². The van der Waals surface area contributed by atoms with E-state index in [2.05, 4.69) is 25.9 Å². The normalized spacial score (nSPS) is 10.1. The van der Waals surface area contributed by atoms with E-state index in [1.807, 2.05) is 19.1 Å². The van der Waals surface area contributed by atoms with Crippen LogP contribution in [0.1, 0.15) is 17.3 Å². The number of pyridine rings is 2. The summed E-state index contributed by atoms with van der Waals surface area (Å²) in [5.41, 5.74) is 1.38. The molecule has 0 saturated carbocycles. The van der Waals surface area contributed by atoms with Gasteiger partial charge in [-0.25, -0.2) is 4.98 Å². The van der Waals surface area contributed by atoms with Crippen molar-refractivity contribution in [2.24, 2.45) is 0 Å². The molecule has 4 nitrogen and oxygen atoms in total. The van der Waals surface area contributed by atoms with Crippen LogP contribution in [0.2, 0.25) is 0 Å². The van der Waals surface area contributed by atoms with E-state index in [1.54, 1.807) is 35.6 Å². The van der Waals surface area contributed by atoms with Crippen molar-refractivity contribution >= 4 is 27.5 Å². The van der Waals surface area contributed by atoms with E-state index in [0.29, 0.717) is 16.7 Å². The maximum absolute atomic E-state index is 12.4. The van der Waals surface area contributed by atoms with Crippen LogP contribution in [0.5, 0.6) is 0 Å². The lowest BCUT2D eigenvalue weighted by atomic mass is 10.2. The van der Waals surface area contributed by atoms with Crippen LogP contribution in [0.4, 0.5) is 5.69 Å². The average molecular weight is 306 g/mol. The third-order valence-corrected chi connectivity index (χ3v) is 3.16. The van der Waals surface area contributed by atoms with Crippen molar-refractivity contribution in [3.05, 3.63) is 53.0 Å². The second-order valence-corrected chi connectivity index (χ2v) is 4.35. The van der Waals surface area contributed by atoms with Gasteiger partial charge in [-0.1, -0.05) is 0 Å². The van der Waals surface area contributed by atoms with Crippen LogP contribution in [0.25, 0.3) is 0 Å². The molecule has 5 heteroatoms. The van der Waals surface area contributed by atoms with Gasteiger partial charge < -0.3 is 4.90 Å². The van der Waals surface area contributed by atoms with Gasteiger partial charge in [-0.05, 0) is 47.1 Å². The lowest BCUT2D eigenvalue weighted by molar-refractivity contribution is 0.0987. The summed E-state index contributed by atoms with van der Waals surface area (Å²) in [7, 11) is 0. The Morgan fingerprint density at radius 2 is 2.00 bits per heavy atom. The van der Waals surface area contributed by atoms with Crippen molar-refractivity contribution < 1.29 is 4.79 Å². The molecule has 0 bridgehead atoms. The largest absolute Gasteiger partial charge is 0.308 e. The molecule has 0 aliphatic heterocycles. The van der Waals surface area contributed by atoms with Crippen molar-refractivity contribution in [3.63, 3.8) is 0 Å². The van der Waals surface area contributed by atoms with Gasteiger partial charge in [-0.3, -0.25) is 9.78 Å². The first-order chi connectivity index (χ1) is 8.74. The molecule has 2 aromatic heterocycles. The maximum atomic E-state index is 12.4. The van der Waals surface area contributed by atoms with Gasteiger partial charge >= 0.3 is 0 Å². The minimum atomic E-state index is -0.0799. The molecule has 1 amide bonds. The number of carbonyl (C=O) groups excluding carboxylic acids is 1. The Bertz CT molecular complexity index is 545. The number of rotatable bonds is 3. The molecule has 2 heterocycles. The van der Waals surface area contributed by atoms with Gasteiger partial charge in [0.15, 0.2) is 0 Å². The number of hydrogen-bond donors (Lipinski definition) is 0. The fourth-order valence-electron chi connectivity index (χ4n) is 1.66. The highest BCUT2D eigenvalue weighted by Crippen LogP contribution is 2.19.